The third kappa shape index (κ3) is 1.79. The predicted molar refractivity (Wildman–Crippen MR) is 58.2 cm³/mol. The van der Waals surface area contributed by atoms with Crippen molar-refractivity contribution in [2.24, 2.45) is 11.5 Å². The lowest BCUT2D eigenvalue weighted by atomic mass is 10.3. The van der Waals surface area contributed by atoms with E-state index in [9.17, 15) is 4.79 Å². The second-order valence-corrected chi connectivity index (χ2v) is 4.20. The first-order valence-electron chi connectivity index (χ1n) is 4.51. The van der Waals surface area contributed by atoms with Crippen LogP contribution in [0.4, 0.5) is 0 Å². The third-order valence-corrected chi connectivity index (χ3v) is 2.89. The molecule has 0 aliphatic heterocycles. The highest BCUT2D eigenvalue weighted by molar-refractivity contribution is 7.16. The molecule has 4 N–H and O–H groups in total. The number of primary amides is 1. The first kappa shape index (κ1) is 10.7. The second kappa shape index (κ2) is 3.99. The molecule has 0 fully saturated rings. The van der Waals surface area contributed by atoms with E-state index in [0.29, 0.717) is 15.8 Å². The standard InChI is InChI=1S/C8H10N6OS/c1-4(9)7-12-3-13-14(7)8-11-2-5(16-8)6(10)15/h2-4H,9H2,1H3,(H2,10,15)/t4-/m0/s1. The fourth-order valence-corrected chi connectivity index (χ4v) is 1.92. The van der Waals surface area contributed by atoms with Crippen molar-refractivity contribution in [1.82, 2.24) is 19.7 Å². The zero-order valence-electron chi connectivity index (χ0n) is 8.49. The van der Waals surface area contributed by atoms with Crippen LogP contribution in [0.25, 0.3) is 5.13 Å². The van der Waals surface area contributed by atoms with Crippen LogP contribution in [0.1, 0.15) is 28.5 Å². The largest absolute Gasteiger partial charge is 0.365 e. The summed E-state index contributed by atoms with van der Waals surface area (Å²) in [6, 6.07) is -0.261. The molecule has 0 unspecified atom stereocenters. The number of rotatable bonds is 3. The van der Waals surface area contributed by atoms with Gasteiger partial charge in [0.05, 0.1) is 12.2 Å². The fraction of sp³-hybridized carbons (Fsp3) is 0.250. The minimum atomic E-state index is -0.508. The molecule has 0 saturated heterocycles. The molecule has 1 atom stereocenters. The van der Waals surface area contributed by atoms with Crippen molar-refractivity contribution in [2.75, 3.05) is 0 Å². The maximum absolute atomic E-state index is 10.9. The minimum Gasteiger partial charge on any atom is -0.365 e. The summed E-state index contributed by atoms with van der Waals surface area (Å²) in [5, 5.41) is 4.53. The van der Waals surface area contributed by atoms with Gasteiger partial charge in [0.25, 0.3) is 5.91 Å². The van der Waals surface area contributed by atoms with E-state index < -0.39 is 5.91 Å². The first-order chi connectivity index (χ1) is 7.59. The van der Waals surface area contributed by atoms with Gasteiger partial charge in [0.2, 0.25) is 5.13 Å². The Kier molecular flexibility index (Phi) is 2.67. The highest BCUT2D eigenvalue weighted by Gasteiger charge is 2.14. The van der Waals surface area contributed by atoms with Crippen LogP contribution in [0.5, 0.6) is 0 Å². The van der Waals surface area contributed by atoms with E-state index in [0.717, 1.165) is 11.3 Å². The Bertz CT molecular complexity index is 516. The van der Waals surface area contributed by atoms with E-state index in [1.165, 1.54) is 17.2 Å². The summed E-state index contributed by atoms with van der Waals surface area (Å²) in [6.45, 7) is 1.79. The molecule has 2 rings (SSSR count). The van der Waals surface area contributed by atoms with Gasteiger partial charge in [0, 0.05) is 0 Å². The lowest BCUT2D eigenvalue weighted by Gasteiger charge is -2.04. The molecule has 0 aromatic carbocycles. The molecule has 0 saturated carbocycles. The summed E-state index contributed by atoms with van der Waals surface area (Å²) in [4.78, 5) is 19.4. The molecule has 0 radical (unpaired) electrons. The van der Waals surface area contributed by atoms with Crippen molar-refractivity contribution < 1.29 is 4.79 Å². The molecular weight excluding hydrogens is 228 g/mol. The normalized spacial score (nSPS) is 12.6. The van der Waals surface area contributed by atoms with Gasteiger partial charge in [-0.05, 0) is 6.92 Å². The number of amides is 1. The van der Waals surface area contributed by atoms with Gasteiger partial charge in [-0.3, -0.25) is 4.79 Å². The number of carbonyl (C=O) groups is 1. The maximum Gasteiger partial charge on any atom is 0.260 e. The highest BCUT2D eigenvalue weighted by Crippen LogP contribution is 2.18. The number of hydrogen-bond donors (Lipinski definition) is 2. The summed E-state index contributed by atoms with van der Waals surface area (Å²) in [5.41, 5.74) is 10.9. The van der Waals surface area contributed by atoms with E-state index in [-0.39, 0.29) is 6.04 Å². The summed E-state index contributed by atoms with van der Waals surface area (Å²) in [6.07, 6.45) is 2.80. The Balaban J connectivity index is 2.42. The van der Waals surface area contributed by atoms with Crippen LogP contribution in [0.2, 0.25) is 0 Å². The van der Waals surface area contributed by atoms with Gasteiger partial charge >= 0.3 is 0 Å². The highest BCUT2D eigenvalue weighted by atomic mass is 32.1. The van der Waals surface area contributed by atoms with Gasteiger partial charge in [0.15, 0.2) is 5.82 Å². The van der Waals surface area contributed by atoms with Crippen molar-refractivity contribution >= 4 is 17.2 Å². The van der Waals surface area contributed by atoms with E-state index in [1.807, 2.05) is 0 Å². The van der Waals surface area contributed by atoms with Crippen LogP contribution in [-0.4, -0.2) is 25.7 Å². The first-order valence-corrected chi connectivity index (χ1v) is 5.32. The zero-order valence-corrected chi connectivity index (χ0v) is 9.31. The smallest absolute Gasteiger partial charge is 0.260 e. The van der Waals surface area contributed by atoms with Gasteiger partial charge in [0.1, 0.15) is 11.2 Å². The van der Waals surface area contributed by atoms with Crippen molar-refractivity contribution in [2.45, 2.75) is 13.0 Å². The number of aromatic nitrogens is 4. The lowest BCUT2D eigenvalue weighted by molar-refractivity contribution is 0.100. The van der Waals surface area contributed by atoms with Crippen LogP contribution in [0.15, 0.2) is 12.5 Å². The Hall–Kier alpha value is -1.80. The minimum absolute atomic E-state index is 0.261. The van der Waals surface area contributed by atoms with Gasteiger partial charge < -0.3 is 11.5 Å². The predicted octanol–water partition coefficient (Wildman–Crippen LogP) is -0.158. The molecule has 16 heavy (non-hydrogen) atoms. The third-order valence-electron chi connectivity index (χ3n) is 1.90. The fourth-order valence-electron chi connectivity index (χ4n) is 1.19. The number of nitrogens with zero attached hydrogens (tertiary/aromatic N) is 4. The number of nitrogens with two attached hydrogens (primary N) is 2. The van der Waals surface area contributed by atoms with Gasteiger partial charge in [-0.15, -0.1) is 0 Å². The Labute approximate surface area is 95.1 Å². The van der Waals surface area contributed by atoms with Crippen molar-refractivity contribution in [3.05, 3.63) is 23.2 Å². The molecule has 0 spiro atoms. The van der Waals surface area contributed by atoms with E-state index >= 15 is 0 Å². The molecule has 2 aromatic rings. The van der Waals surface area contributed by atoms with Crippen molar-refractivity contribution in [3.8, 4) is 5.13 Å². The topological polar surface area (TPSA) is 113 Å². The monoisotopic (exact) mass is 238 g/mol. The van der Waals surface area contributed by atoms with E-state index in [1.54, 1.807) is 6.92 Å². The molecule has 0 aliphatic carbocycles. The average Bonchev–Trinajstić information content (AvgIpc) is 2.86. The molecular formula is C8H10N6OS. The van der Waals surface area contributed by atoms with Crippen LogP contribution in [0.3, 0.4) is 0 Å². The molecule has 8 heteroatoms. The Morgan fingerprint density at radius 1 is 1.56 bits per heavy atom. The molecule has 0 bridgehead atoms. The van der Waals surface area contributed by atoms with Crippen molar-refractivity contribution in [1.29, 1.82) is 0 Å². The van der Waals surface area contributed by atoms with Gasteiger partial charge in [-0.25, -0.2) is 9.97 Å². The summed E-state index contributed by atoms with van der Waals surface area (Å²) in [5.74, 6) is 0.0802. The van der Waals surface area contributed by atoms with E-state index in [4.69, 9.17) is 11.5 Å². The summed E-state index contributed by atoms with van der Waals surface area (Å²) < 4.78 is 1.50. The maximum atomic E-state index is 10.9. The summed E-state index contributed by atoms with van der Waals surface area (Å²) >= 11 is 1.15. The van der Waals surface area contributed by atoms with Crippen molar-refractivity contribution in [3.63, 3.8) is 0 Å². The molecule has 2 heterocycles. The SMILES string of the molecule is C[C@H](N)c1ncnn1-c1ncc(C(N)=O)s1. The van der Waals surface area contributed by atoms with Gasteiger partial charge in [-0.1, -0.05) is 11.3 Å². The van der Waals surface area contributed by atoms with Crippen LogP contribution in [0, 0.1) is 0 Å². The second-order valence-electron chi connectivity index (χ2n) is 3.19. The number of thiazole rings is 1. The van der Waals surface area contributed by atoms with Crippen LogP contribution < -0.4 is 11.5 Å². The quantitative estimate of drug-likeness (QED) is 0.771. The lowest BCUT2D eigenvalue weighted by Crippen LogP contribution is -2.13. The number of carbonyl (C=O) groups excluding carboxylic acids is 1. The number of hydrogen-bond acceptors (Lipinski definition) is 6. The molecule has 7 nitrogen and oxygen atoms in total. The van der Waals surface area contributed by atoms with Crippen LogP contribution >= 0.6 is 11.3 Å². The van der Waals surface area contributed by atoms with E-state index in [2.05, 4.69) is 15.1 Å². The molecule has 2 aromatic heterocycles. The average molecular weight is 238 g/mol. The summed E-state index contributed by atoms with van der Waals surface area (Å²) in [7, 11) is 0. The Morgan fingerprint density at radius 2 is 2.31 bits per heavy atom. The molecule has 1 amide bonds. The zero-order chi connectivity index (χ0) is 11.7. The molecule has 84 valence electrons. The molecule has 0 aliphatic rings. The van der Waals surface area contributed by atoms with Crippen LogP contribution in [-0.2, 0) is 0 Å². The Morgan fingerprint density at radius 3 is 2.88 bits per heavy atom. The van der Waals surface area contributed by atoms with Gasteiger partial charge in [-0.2, -0.15) is 9.78 Å².